The van der Waals surface area contributed by atoms with Gasteiger partial charge in [0.1, 0.15) is 18.4 Å². The van der Waals surface area contributed by atoms with Gasteiger partial charge in [0.15, 0.2) is 0 Å². The quantitative estimate of drug-likeness (QED) is 0.475. The van der Waals surface area contributed by atoms with Crippen LogP contribution in [0.2, 0.25) is 0 Å². The standard InChI is InChI=1S/C27H27N5O3/c1-17(2)34-24-10-8-18(13-20(24)14-28)27-30-26(31-35-27)23-6-3-5-21-19(7-9-22(21)23)15-29-16-25(33)32-11-4-12-32/h3,5-6,8,10,13,15,17,19H,4,7,9,11-12,16H2,1-2H3. The van der Waals surface area contributed by atoms with Crippen molar-refractivity contribution in [2.45, 2.75) is 45.1 Å². The van der Waals surface area contributed by atoms with Crippen molar-refractivity contribution >= 4 is 12.1 Å². The van der Waals surface area contributed by atoms with Crippen molar-refractivity contribution in [3.63, 3.8) is 0 Å². The zero-order valence-electron chi connectivity index (χ0n) is 19.9. The first-order chi connectivity index (χ1) is 17.0. The van der Waals surface area contributed by atoms with E-state index in [2.05, 4.69) is 27.3 Å². The highest BCUT2D eigenvalue weighted by Gasteiger charge is 2.26. The summed E-state index contributed by atoms with van der Waals surface area (Å²) in [4.78, 5) is 23.0. The van der Waals surface area contributed by atoms with E-state index in [9.17, 15) is 10.1 Å². The molecule has 5 rings (SSSR count). The average molecular weight is 470 g/mol. The SMILES string of the molecule is CC(C)Oc1ccc(-c2nc(-c3cccc4c3CCC4C=NCC(=O)N3CCC3)no2)cc1C#N. The van der Waals surface area contributed by atoms with Crippen LogP contribution in [0.4, 0.5) is 0 Å². The summed E-state index contributed by atoms with van der Waals surface area (Å²) in [5.74, 6) is 1.68. The maximum atomic E-state index is 12.1. The van der Waals surface area contributed by atoms with Crippen molar-refractivity contribution in [3.8, 4) is 34.7 Å². The fourth-order valence-corrected chi connectivity index (χ4v) is 4.53. The maximum Gasteiger partial charge on any atom is 0.258 e. The van der Waals surface area contributed by atoms with Gasteiger partial charge in [0.25, 0.3) is 5.89 Å². The highest BCUT2D eigenvalue weighted by atomic mass is 16.5. The maximum absolute atomic E-state index is 12.1. The molecule has 35 heavy (non-hydrogen) atoms. The summed E-state index contributed by atoms with van der Waals surface area (Å²) in [7, 11) is 0. The van der Waals surface area contributed by atoms with Crippen LogP contribution in [0.5, 0.6) is 5.75 Å². The second-order valence-electron chi connectivity index (χ2n) is 9.16. The van der Waals surface area contributed by atoms with Gasteiger partial charge in [-0.05, 0) is 62.4 Å². The van der Waals surface area contributed by atoms with Gasteiger partial charge in [-0.3, -0.25) is 9.79 Å². The normalized spacial score (nSPS) is 16.9. The van der Waals surface area contributed by atoms with Crippen LogP contribution in [0.1, 0.15) is 49.3 Å². The predicted octanol–water partition coefficient (Wildman–Crippen LogP) is 4.40. The van der Waals surface area contributed by atoms with Crippen molar-refractivity contribution < 1.29 is 14.1 Å². The summed E-state index contributed by atoms with van der Waals surface area (Å²) in [6, 6.07) is 13.6. The molecule has 2 heterocycles. The van der Waals surface area contributed by atoms with Gasteiger partial charge in [0, 0.05) is 36.3 Å². The number of carbonyl (C=O) groups is 1. The molecule has 1 amide bonds. The Morgan fingerprint density at radius 1 is 1.34 bits per heavy atom. The number of nitriles is 1. The molecule has 2 aliphatic rings. The molecule has 1 fully saturated rings. The van der Waals surface area contributed by atoms with Crippen LogP contribution in [0.25, 0.3) is 22.8 Å². The molecule has 1 atom stereocenters. The third kappa shape index (κ3) is 4.67. The van der Waals surface area contributed by atoms with Crippen LogP contribution in [0.15, 0.2) is 45.9 Å². The van der Waals surface area contributed by atoms with Gasteiger partial charge in [-0.1, -0.05) is 23.4 Å². The molecule has 1 saturated heterocycles. The molecule has 8 nitrogen and oxygen atoms in total. The van der Waals surface area contributed by atoms with Gasteiger partial charge in [0.05, 0.1) is 11.7 Å². The fourth-order valence-electron chi connectivity index (χ4n) is 4.53. The van der Waals surface area contributed by atoms with Crippen LogP contribution in [0.3, 0.4) is 0 Å². The number of amides is 1. The summed E-state index contributed by atoms with van der Waals surface area (Å²) in [5, 5.41) is 13.8. The number of benzene rings is 2. The number of hydrogen-bond donors (Lipinski definition) is 0. The van der Waals surface area contributed by atoms with Gasteiger partial charge >= 0.3 is 0 Å². The molecule has 0 saturated carbocycles. The average Bonchev–Trinajstić information content (AvgIpc) is 3.45. The van der Waals surface area contributed by atoms with Crippen LogP contribution in [0, 0.1) is 11.3 Å². The first kappa shape index (κ1) is 22.8. The molecule has 1 aromatic heterocycles. The Labute approximate surface area is 204 Å². The summed E-state index contributed by atoms with van der Waals surface area (Å²) in [6.45, 7) is 5.75. The van der Waals surface area contributed by atoms with E-state index < -0.39 is 0 Å². The lowest BCUT2D eigenvalue weighted by Crippen LogP contribution is -2.43. The monoisotopic (exact) mass is 469 g/mol. The number of hydrogen-bond acceptors (Lipinski definition) is 7. The number of aromatic nitrogens is 2. The molecular formula is C27H27N5O3. The number of fused-ring (bicyclic) bond motifs is 1. The minimum absolute atomic E-state index is 0.0296. The summed E-state index contributed by atoms with van der Waals surface area (Å²) < 4.78 is 11.3. The molecule has 1 unspecified atom stereocenters. The molecule has 0 N–H and O–H groups in total. The zero-order chi connectivity index (χ0) is 24.4. The van der Waals surface area contributed by atoms with Crippen LogP contribution in [-0.4, -0.2) is 52.9 Å². The Morgan fingerprint density at radius 3 is 2.94 bits per heavy atom. The molecule has 3 aromatic rings. The third-order valence-electron chi connectivity index (χ3n) is 6.41. The Hall–Kier alpha value is -3.99. The van der Waals surface area contributed by atoms with Gasteiger partial charge in [-0.25, -0.2) is 0 Å². The molecule has 0 spiro atoms. The molecule has 0 radical (unpaired) electrons. The molecule has 178 valence electrons. The minimum atomic E-state index is -0.0296. The zero-order valence-corrected chi connectivity index (χ0v) is 19.9. The first-order valence-electron chi connectivity index (χ1n) is 12.0. The molecule has 1 aliphatic carbocycles. The molecule has 1 aliphatic heterocycles. The van der Waals surface area contributed by atoms with E-state index in [1.54, 1.807) is 12.1 Å². The second kappa shape index (κ2) is 9.71. The van der Waals surface area contributed by atoms with Crippen molar-refractivity contribution in [2.75, 3.05) is 19.6 Å². The van der Waals surface area contributed by atoms with E-state index >= 15 is 0 Å². The lowest BCUT2D eigenvalue weighted by atomic mass is 9.99. The van der Waals surface area contributed by atoms with Crippen molar-refractivity contribution in [3.05, 3.63) is 53.1 Å². The highest BCUT2D eigenvalue weighted by molar-refractivity contribution is 5.82. The Balaban J connectivity index is 1.35. The topological polar surface area (TPSA) is 105 Å². The van der Waals surface area contributed by atoms with Gasteiger partial charge < -0.3 is 14.2 Å². The Morgan fingerprint density at radius 2 is 2.20 bits per heavy atom. The lowest BCUT2D eigenvalue weighted by Gasteiger charge is -2.30. The van der Waals surface area contributed by atoms with Crippen molar-refractivity contribution in [1.82, 2.24) is 15.0 Å². The van der Waals surface area contributed by atoms with Crippen molar-refractivity contribution in [1.29, 1.82) is 5.26 Å². The number of likely N-dealkylation sites (tertiary alicyclic amines) is 1. The van der Waals surface area contributed by atoms with E-state index in [0.717, 1.165) is 37.9 Å². The Kier molecular flexibility index (Phi) is 6.32. The fraction of sp³-hybridized carbons (Fsp3) is 0.370. The smallest absolute Gasteiger partial charge is 0.258 e. The minimum Gasteiger partial charge on any atom is -0.490 e. The van der Waals surface area contributed by atoms with Crippen LogP contribution < -0.4 is 4.74 Å². The van der Waals surface area contributed by atoms with Gasteiger partial charge in [-0.15, -0.1) is 0 Å². The predicted molar refractivity (Wildman–Crippen MR) is 131 cm³/mol. The largest absolute Gasteiger partial charge is 0.490 e. The van der Waals surface area contributed by atoms with E-state index in [1.165, 1.54) is 11.1 Å². The Bertz CT molecular complexity index is 1320. The summed E-state index contributed by atoms with van der Waals surface area (Å²) in [6.07, 6.45) is 4.79. The van der Waals surface area contributed by atoms with Gasteiger partial charge in [0.2, 0.25) is 11.7 Å². The van der Waals surface area contributed by atoms with Crippen molar-refractivity contribution in [2.24, 2.45) is 4.99 Å². The summed E-state index contributed by atoms with van der Waals surface area (Å²) in [5.41, 5.74) is 4.40. The number of aliphatic imine (C=N–C) groups is 1. The highest BCUT2D eigenvalue weighted by Crippen LogP contribution is 2.38. The number of nitrogens with zero attached hydrogens (tertiary/aromatic N) is 5. The van der Waals surface area contributed by atoms with Crippen LogP contribution in [-0.2, 0) is 11.2 Å². The molecule has 2 aromatic carbocycles. The molecule has 8 heteroatoms. The number of carbonyl (C=O) groups excluding carboxylic acids is 1. The summed E-state index contributed by atoms with van der Waals surface area (Å²) >= 11 is 0. The first-order valence-corrected chi connectivity index (χ1v) is 12.0. The van der Waals surface area contributed by atoms with E-state index in [-0.39, 0.29) is 24.5 Å². The lowest BCUT2D eigenvalue weighted by molar-refractivity contribution is -0.132. The van der Waals surface area contributed by atoms with E-state index in [4.69, 9.17) is 9.26 Å². The number of ether oxygens (including phenoxy) is 1. The van der Waals surface area contributed by atoms with Gasteiger partial charge in [-0.2, -0.15) is 10.2 Å². The van der Waals surface area contributed by atoms with Crippen LogP contribution >= 0.6 is 0 Å². The molecular weight excluding hydrogens is 442 g/mol. The van der Waals surface area contributed by atoms with E-state index in [0.29, 0.717) is 28.6 Å². The molecule has 0 bridgehead atoms. The third-order valence-corrected chi connectivity index (χ3v) is 6.41. The van der Waals surface area contributed by atoms with E-state index in [1.807, 2.05) is 43.2 Å². The number of rotatable bonds is 7. The second-order valence-corrected chi connectivity index (χ2v) is 9.16.